The molecule has 0 N–H and O–H groups in total. The second kappa shape index (κ2) is 8.06. The fourth-order valence-electron chi connectivity index (χ4n) is 2.71. The van der Waals surface area contributed by atoms with Gasteiger partial charge >= 0.3 is 0 Å². The molecule has 0 unspecified atom stereocenters. The monoisotopic (exact) mass is 396 g/mol. The van der Waals surface area contributed by atoms with Crippen molar-refractivity contribution in [2.45, 2.75) is 116 Å². The summed E-state index contributed by atoms with van der Waals surface area (Å²) < 4.78 is 13.6. The molecule has 4 heteroatoms. The van der Waals surface area contributed by atoms with Gasteiger partial charge in [0, 0.05) is 6.42 Å². The van der Waals surface area contributed by atoms with Crippen molar-refractivity contribution in [1.82, 2.24) is 0 Å². The number of hydrogen-bond donors (Lipinski definition) is 0. The molecular weight excluding hydrogens is 352 g/mol. The molecule has 1 aliphatic rings. The van der Waals surface area contributed by atoms with Gasteiger partial charge in [-0.15, -0.1) is 0 Å². The Labute approximate surface area is 165 Å². The smallest absolute Gasteiger partial charge is 0.192 e. The van der Waals surface area contributed by atoms with Crippen LogP contribution in [0, 0.1) is 0 Å². The van der Waals surface area contributed by atoms with Crippen molar-refractivity contribution in [3.05, 3.63) is 23.8 Å². The molecule has 1 aliphatic carbocycles. The summed E-state index contributed by atoms with van der Waals surface area (Å²) >= 11 is 0. The molecule has 0 amide bonds. The lowest BCUT2D eigenvalue weighted by atomic mass is 10.1. The van der Waals surface area contributed by atoms with E-state index < -0.39 is 16.6 Å². The van der Waals surface area contributed by atoms with E-state index in [1.54, 1.807) is 0 Å². The standard InChI is InChI=1S/C22H44O2Si2/c1-13-14-15-18-17(2)19(23-25(9,10)21(3,4)5)16-20(18)24-26(11,12)22(6,7)8/h15,19-20H,2,13-14,16H2,1,3-12H3/b18-15+/t19-,20+/m0/s1. The van der Waals surface area contributed by atoms with Gasteiger partial charge in [0.2, 0.25) is 0 Å². The van der Waals surface area contributed by atoms with Crippen molar-refractivity contribution in [1.29, 1.82) is 0 Å². The second-order valence-corrected chi connectivity index (χ2v) is 20.5. The van der Waals surface area contributed by atoms with Crippen LogP contribution < -0.4 is 0 Å². The third kappa shape index (κ3) is 5.43. The normalized spacial score (nSPS) is 24.6. The molecule has 1 fully saturated rings. The molecule has 0 radical (unpaired) electrons. The summed E-state index contributed by atoms with van der Waals surface area (Å²) in [5.74, 6) is 0. The zero-order valence-corrected chi connectivity index (χ0v) is 21.4. The van der Waals surface area contributed by atoms with Gasteiger partial charge in [0.25, 0.3) is 0 Å². The highest BCUT2D eigenvalue weighted by molar-refractivity contribution is 6.74. The molecule has 152 valence electrons. The van der Waals surface area contributed by atoms with E-state index in [1.807, 2.05) is 0 Å². The van der Waals surface area contributed by atoms with Crippen LogP contribution in [0.25, 0.3) is 0 Å². The molecule has 0 saturated heterocycles. The molecule has 2 nitrogen and oxygen atoms in total. The fraction of sp³-hybridized carbons (Fsp3) is 0.818. The maximum Gasteiger partial charge on any atom is 0.192 e. The fourth-order valence-corrected chi connectivity index (χ4v) is 5.31. The van der Waals surface area contributed by atoms with Crippen LogP contribution in [0.5, 0.6) is 0 Å². The largest absolute Gasteiger partial charge is 0.410 e. The number of rotatable bonds is 6. The van der Waals surface area contributed by atoms with Crippen molar-refractivity contribution < 1.29 is 8.85 Å². The van der Waals surface area contributed by atoms with E-state index >= 15 is 0 Å². The predicted molar refractivity (Wildman–Crippen MR) is 121 cm³/mol. The van der Waals surface area contributed by atoms with Gasteiger partial charge in [-0.2, -0.15) is 0 Å². The Morgan fingerprint density at radius 1 is 0.923 bits per heavy atom. The average Bonchev–Trinajstić information content (AvgIpc) is 2.69. The van der Waals surface area contributed by atoms with E-state index in [0.717, 1.165) is 24.8 Å². The Hall–Kier alpha value is -0.166. The quantitative estimate of drug-likeness (QED) is 0.434. The van der Waals surface area contributed by atoms with Crippen LogP contribution in [-0.2, 0) is 8.85 Å². The first kappa shape index (κ1) is 23.9. The van der Waals surface area contributed by atoms with Crippen molar-refractivity contribution in [2.24, 2.45) is 0 Å². The Morgan fingerprint density at radius 3 is 1.73 bits per heavy atom. The zero-order valence-electron chi connectivity index (χ0n) is 19.4. The summed E-state index contributed by atoms with van der Waals surface area (Å²) in [5, 5.41) is 0.418. The SMILES string of the molecule is C=C1/C(=C\CCC)[C@H](O[Si](C)(C)C(C)(C)C)C[C@@H]1O[Si](C)(C)C(C)(C)C. The number of unbranched alkanes of at least 4 members (excludes halogenated alkanes) is 1. The van der Waals surface area contributed by atoms with Gasteiger partial charge in [0.05, 0.1) is 12.2 Å². The predicted octanol–water partition coefficient (Wildman–Crippen LogP) is 7.45. The first-order valence-corrected chi connectivity index (χ1v) is 16.1. The first-order chi connectivity index (χ1) is 11.5. The Balaban J connectivity index is 3.10. The molecular formula is C22H44O2Si2. The molecule has 0 spiro atoms. The molecule has 0 aliphatic heterocycles. The highest BCUT2D eigenvalue weighted by Gasteiger charge is 2.46. The van der Waals surface area contributed by atoms with E-state index in [2.05, 4.69) is 87.3 Å². The van der Waals surface area contributed by atoms with Crippen LogP contribution in [0.15, 0.2) is 23.8 Å². The Kier molecular flexibility index (Phi) is 7.40. The minimum atomic E-state index is -1.83. The van der Waals surface area contributed by atoms with Gasteiger partial charge in [-0.05, 0) is 53.8 Å². The van der Waals surface area contributed by atoms with Crippen molar-refractivity contribution in [3.63, 3.8) is 0 Å². The molecule has 0 aromatic heterocycles. The average molecular weight is 397 g/mol. The van der Waals surface area contributed by atoms with E-state index in [0.29, 0.717) is 0 Å². The highest BCUT2D eigenvalue weighted by Crippen LogP contribution is 2.45. The summed E-state index contributed by atoms with van der Waals surface area (Å²) in [6.45, 7) is 29.8. The summed E-state index contributed by atoms with van der Waals surface area (Å²) in [6, 6.07) is 0. The minimum Gasteiger partial charge on any atom is -0.410 e. The maximum atomic E-state index is 6.82. The lowest BCUT2D eigenvalue weighted by Crippen LogP contribution is -2.45. The molecule has 2 atom stereocenters. The number of hydrogen-bond acceptors (Lipinski definition) is 2. The highest BCUT2D eigenvalue weighted by atomic mass is 28.4. The first-order valence-electron chi connectivity index (χ1n) is 10.3. The summed E-state index contributed by atoms with van der Waals surface area (Å²) in [4.78, 5) is 0. The summed E-state index contributed by atoms with van der Waals surface area (Å²) in [7, 11) is -3.66. The lowest BCUT2D eigenvalue weighted by molar-refractivity contribution is 0.161. The van der Waals surface area contributed by atoms with Gasteiger partial charge in [-0.1, -0.05) is 67.5 Å². The minimum absolute atomic E-state index is 0.105. The maximum absolute atomic E-state index is 6.82. The van der Waals surface area contributed by atoms with Crippen LogP contribution in [0.2, 0.25) is 36.3 Å². The molecule has 0 aromatic rings. The van der Waals surface area contributed by atoms with Gasteiger partial charge in [-0.25, -0.2) is 0 Å². The number of allylic oxidation sites excluding steroid dienone is 1. The Morgan fingerprint density at radius 2 is 1.35 bits per heavy atom. The molecule has 0 bridgehead atoms. The third-order valence-electron chi connectivity index (χ3n) is 6.67. The van der Waals surface area contributed by atoms with E-state index in [9.17, 15) is 0 Å². The van der Waals surface area contributed by atoms with E-state index in [1.165, 1.54) is 5.57 Å². The van der Waals surface area contributed by atoms with Crippen molar-refractivity contribution in [2.75, 3.05) is 0 Å². The molecule has 1 saturated carbocycles. The third-order valence-corrected chi connectivity index (χ3v) is 15.6. The van der Waals surface area contributed by atoms with Crippen LogP contribution in [-0.4, -0.2) is 28.8 Å². The van der Waals surface area contributed by atoms with E-state index in [-0.39, 0.29) is 22.3 Å². The Bertz CT molecular complexity index is 533. The van der Waals surface area contributed by atoms with Gasteiger partial charge < -0.3 is 8.85 Å². The van der Waals surface area contributed by atoms with Gasteiger partial charge in [0.15, 0.2) is 16.6 Å². The van der Waals surface area contributed by atoms with Gasteiger partial charge in [0.1, 0.15) is 0 Å². The molecule has 0 aromatic carbocycles. The molecule has 26 heavy (non-hydrogen) atoms. The topological polar surface area (TPSA) is 18.5 Å². The van der Waals surface area contributed by atoms with Crippen molar-refractivity contribution >= 4 is 16.6 Å². The van der Waals surface area contributed by atoms with Crippen LogP contribution in [0.1, 0.15) is 67.7 Å². The molecule has 0 heterocycles. The molecule has 1 rings (SSSR count). The van der Waals surface area contributed by atoms with Crippen LogP contribution >= 0.6 is 0 Å². The lowest BCUT2D eigenvalue weighted by Gasteiger charge is -2.39. The second-order valence-electron chi connectivity index (χ2n) is 10.9. The summed E-state index contributed by atoms with van der Waals surface area (Å²) in [6.07, 6.45) is 5.76. The van der Waals surface area contributed by atoms with Gasteiger partial charge in [-0.3, -0.25) is 0 Å². The van der Waals surface area contributed by atoms with Crippen molar-refractivity contribution in [3.8, 4) is 0 Å². The summed E-state index contributed by atoms with van der Waals surface area (Å²) in [5.41, 5.74) is 2.47. The zero-order chi connectivity index (χ0) is 20.6. The van der Waals surface area contributed by atoms with E-state index in [4.69, 9.17) is 8.85 Å². The van der Waals surface area contributed by atoms with Crippen LogP contribution in [0.3, 0.4) is 0 Å². The van der Waals surface area contributed by atoms with Crippen LogP contribution in [0.4, 0.5) is 0 Å².